The van der Waals surface area contributed by atoms with Crippen molar-refractivity contribution in [1.29, 1.82) is 0 Å². The highest BCUT2D eigenvalue weighted by molar-refractivity contribution is 6.28. The van der Waals surface area contributed by atoms with E-state index in [1.54, 1.807) is 0 Å². The van der Waals surface area contributed by atoms with E-state index in [1.807, 2.05) is 0 Å². The largest absolute Gasteiger partial charge is 0.292 e. The first kappa shape index (κ1) is 28.7. The van der Waals surface area contributed by atoms with Crippen LogP contribution < -0.4 is 0 Å². The average Bonchev–Trinajstić information content (AvgIpc) is 3.70. The van der Waals surface area contributed by atoms with E-state index < -0.39 is 0 Å². The van der Waals surface area contributed by atoms with Crippen molar-refractivity contribution >= 4 is 43.4 Å². The van der Waals surface area contributed by atoms with Gasteiger partial charge in [0.2, 0.25) is 0 Å². The summed E-state index contributed by atoms with van der Waals surface area (Å²) in [5.41, 5.74) is 11.3. The van der Waals surface area contributed by atoms with Gasteiger partial charge in [-0.3, -0.25) is 4.57 Å². The molecular formula is C48H35N3. The Bertz CT molecular complexity index is 2770. The Balaban J connectivity index is 1.38. The molecule has 51 heavy (non-hydrogen) atoms. The van der Waals surface area contributed by atoms with Crippen molar-refractivity contribution in [2.45, 2.75) is 37.5 Å². The zero-order valence-electron chi connectivity index (χ0n) is 28.3. The molecule has 11 rings (SSSR count). The van der Waals surface area contributed by atoms with Gasteiger partial charge in [-0.15, -0.1) is 0 Å². The number of rotatable bonds is 3. The van der Waals surface area contributed by atoms with Gasteiger partial charge in [0.15, 0.2) is 5.82 Å². The molecule has 9 aromatic rings. The summed E-state index contributed by atoms with van der Waals surface area (Å²) < 4.78 is 2.50. The van der Waals surface area contributed by atoms with Crippen LogP contribution in [0.5, 0.6) is 0 Å². The Morgan fingerprint density at radius 3 is 1.98 bits per heavy atom. The van der Waals surface area contributed by atoms with Gasteiger partial charge in [-0.1, -0.05) is 165 Å². The third-order valence-electron chi connectivity index (χ3n) is 11.7. The zero-order valence-corrected chi connectivity index (χ0v) is 28.3. The fourth-order valence-electron chi connectivity index (χ4n) is 9.66. The van der Waals surface area contributed by atoms with Crippen LogP contribution in [0.4, 0.5) is 0 Å². The van der Waals surface area contributed by atoms with Gasteiger partial charge < -0.3 is 0 Å². The molecule has 7 aromatic carbocycles. The summed E-state index contributed by atoms with van der Waals surface area (Å²) in [5, 5.41) is 7.72. The monoisotopic (exact) mass is 653 g/mol. The summed E-state index contributed by atoms with van der Waals surface area (Å²) >= 11 is 0. The van der Waals surface area contributed by atoms with Crippen LogP contribution in [0.15, 0.2) is 152 Å². The normalized spacial score (nSPS) is 14.8. The van der Waals surface area contributed by atoms with Crippen LogP contribution in [0.2, 0.25) is 0 Å². The third-order valence-corrected chi connectivity index (χ3v) is 11.7. The average molecular weight is 654 g/mol. The lowest BCUT2D eigenvalue weighted by Gasteiger charge is -2.36. The first-order valence-electron chi connectivity index (χ1n) is 18.3. The fraction of sp³-hybridized carbons (Fsp3) is 0.125. The van der Waals surface area contributed by atoms with Gasteiger partial charge in [0, 0.05) is 44.2 Å². The minimum atomic E-state index is -0.0205. The maximum Gasteiger partial charge on any atom is 0.162 e. The predicted molar refractivity (Wildman–Crippen MR) is 212 cm³/mol. The van der Waals surface area contributed by atoms with Gasteiger partial charge in [0.05, 0.1) is 16.7 Å². The van der Waals surface area contributed by atoms with Crippen LogP contribution in [0, 0.1) is 0 Å². The first-order valence-corrected chi connectivity index (χ1v) is 18.3. The summed E-state index contributed by atoms with van der Waals surface area (Å²) in [7, 11) is 0. The van der Waals surface area contributed by atoms with Gasteiger partial charge in [0.25, 0.3) is 0 Å². The van der Waals surface area contributed by atoms with Crippen molar-refractivity contribution < 1.29 is 0 Å². The van der Waals surface area contributed by atoms with Crippen molar-refractivity contribution in [3.63, 3.8) is 0 Å². The molecule has 0 N–H and O–H groups in total. The SMILES string of the molecule is c1ccc(-c2cc(-n3c4c5ccccc5ccc4c4c5c(c6ccccc6c43)-c3ccccc3C53CCCCC3)nc(-c3ccccc3)n2)cc1. The first-order chi connectivity index (χ1) is 25.3. The molecule has 2 aliphatic carbocycles. The quantitative estimate of drug-likeness (QED) is 0.190. The molecule has 0 radical (unpaired) electrons. The van der Waals surface area contributed by atoms with Crippen LogP contribution in [-0.2, 0) is 5.41 Å². The van der Waals surface area contributed by atoms with E-state index in [0.29, 0.717) is 0 Å². The lowest BCUT2D eigenvalue weighted by Crippen LogP contribution is -2.28. The summed E-state index contributed by atoms with van der Waals surface area (Å²) in [4.78, 5) is 10.7. The van der Waals surface area contributed by atoms with Crippen LogP contribution in [0.3, 0.4) is 0 Å². The number of hydrogen-bond donors (Lipinski definition) is 0. The highest BCUT2D eigenvalue weighted by Crippen LogP contribution is 2.61. The molecule has 2 aliphatic rings. The molecule has 2 heterocycles. The van der Waals surface area contributed by atoms with Gasteiger partial charge in [-0.2, -0.15) is 0 Å². The molecule has 1 saturated carbocycles. The van der Waals surface area contributed by atoms with Crippen molar-refractivity contribution in [2.75, 3.05) is 0 Å². The molecule has 0 unspecified atom stereocenters. The predicted octanol–water partition coefficient (Wildman–Crippen LogP) is 12.4. The Kier molecular flexibility index (Phi) is 6.18. The maximum atomic E-state index is 5.47. The van der Waals surface area contributed by atoms with Crippen molar-refractivity contribution in [1.82, 2.24) is 14.5 Å². The Labute approximate surface area is 296 Å². The third kappa shape index (κ3) is 4.06. The molecule has 0 atom stereocenters. The van der Waals surface area contributed by atoms with Crippen LogP contribution in [0.25, 0.3) is 82.9 Å². The van der Waals surface area contributed by atoms with Gasteiger partial charge in [0.1, 0.15) is 5.82 Å². The van der Waals surface area contributed by atoms with Gasteiger partial charge in [-0.05, 0) is 45.9 Å². The van der Waals surface area contributed by atoms with E-state index in [1.165, 1.54) is 97.7 Å². The number of fused-ring (bicyclic) bond motifs is 14. The van der Waals surface area contributed by atoms with E-state index >= 15 is 0 Å². The number of aromatic nitrogens is 3. The highest BCUT2D eigenvalue weighted by Gasteiger charge is 2.46. The van der Waals surface area contributed by atoms with Gasteiger partial charge in [-0.25, -0.2) is 9.97 Å². The summed E-state index contributed by atoms with van der Waals surface area (Å²) in [6.07, 6.45) is 6.14. The topological polar surface area (TPSA) is 30.7 Å². The van der Waals surface area contributed by atoms with Crippen LogP contribution in [0.1, 0.15) is 43.2 Å². The number of hydrogen-bond acceptors (Lipinski definition) is 2. The zero-order chi connectivity index (χ0) is 33.5. The molecule has 1 spiro atoms. The Morgan fingerprint density at radius 2 is 1.18 bits per heavy atom. The van der Waals surface area contributed by atoms with Crippen molar-refractivity contribution in [2.24, 2.45) is 0 Å². The van der Waals surface area contributed by atoms with Crippen molar-refractivity contribution in [3.05, 3.63) is 163 Å². The maximum absolute atomic E-state index is 5.47. The molecule has 0 amide bonds. The van der Waals surface area contributed by atoms with E-state index in [0.717, 1.165) is 28.5 Å². The molecule has 1 fully saturated rings. The van der Waals surface area contributed by atoms with Crippen LogP contribution >= 0.6 is 0 Å². The van der Waals surface area contributed by atoms with Crippen LogP contribution in [-0.4, -0.2) is 14.5 Å². The lowest BCUT2D eigenvalue weighted by atomic mass is 9.66. The minimum absolute atomic E-state index is 0.0205. The highest BCUT2D eigenvalue weighted by atomic mass is 15.1. The second kappa shape index (κ2) is 11.0. The van der Waals surface area contributed by atoms with E-state index in [-0.39, 0.29) is 5.41 Å². The summed E-state index contributed by atoms with van der Waals surface area (Å²) in [6, 6.07) is 55.1. The molecule has 3 heteroatoms. The fourth-order valence-corrected chi connectivity index (χ4v) is 9.66. The number of nitrogens with zero attached hydrogens (tertiary/aromatic N) is 3. The smallest absolute Gasteiger partial charge is 0.162 e. The molecule has 242 valence electrons. The summed E-state index contributed by atoms with van der Waals surface area (Å²) in [6.45, 7) is 0. The second-order valence-electron chi connectivity index (χ2n) is 14.4. The summed E-state index contributed by atoms with van der Waals surface area (Å²) in [5.74, 6) is 1.61. The Hall–Kier alpha value is -6.06. The molecule has 0 aliphatic heterocycles. The standard InChI is InChI=1S/C48H35N3/c1-4-17-32(18-5-1)40-30-41(50-47(49-40)33-19-6-2-7-20-33)51-45-34-21-9-8-16-31(34)26-27-38(45)43-44-42(35-22-10-11-23-36(35)46(43)51)37-24-12-13-25-39(37)48(44)28-14-3-15-29-48/h1-2,4-13,16-27,30H,3,14-15,28-29H2. The van der Waals surface area contributed by atoms with Crippen molar-refractivity contribution in [3.8, 4) is 39.6 Å². The molecule has 0 saturated heterocycles. The number of benzene rings is 7. The molecular weight excluding hydrogens is 619 g/mol. The Morgan fingerprint density at radius 1 is 0.510 bits per heavy atom. The molecule has 0 bridgehead atoms. The molecule has 2 aromatic heterocycles. The second-order valence-corrected chi connectivity index (χ2v) is 14.4. The lowest BCUT2D eigenvalue weighted by molar-refractivity contribution is 0.355. The van der Waals surface area contributed by atoms with E-state index in [4.69, 9.17) is 9.97 Å². The minimum Gasteiger partial charge on any atom is -0.292 e. The van der Waals surface area contributed by atoms with Gasteiger partial charge >= 0.3 is 0 Å². The van der Waals surface area contributed by atoms with E-state index in [9.17, 15) is 0 Å². The molecule has 3 nitrogen and oxygen atoms in total. The van der Waals surface area contributed by atoms with E-state index in [2.05, 4.69) is 156 Å².